The van der Waals surface area contributed by atoms with Gasteiger partial charge in [0.05, 0.1) is 5.75 Å². The first-order valence-corrected chi connectivity index (χ1v) is 7.37. The Morgan fingerprint density at radius 1 is 1.28 bits per heavy atom. The standard InChI is InChI=1S/C14H16N2OS/c1-2-4-12(5-3-1)14-6-13(17-16-14)10-18-9-11-7-15-8-11/h1-6,11,15H,7-10H2. The first-order chi connectivity index (χ1) is 8.92. The van der Waals surface area contributed by atoms with Gasteiger partial charge in [-0.2, -0.15) is 11.8 Å². The van der Waals surface area contributed by atoms with Gasteiger partial charge in [-0.1, -0.05) is 35.5 Å². The minimum Gasteiger partial charge on any atom is -0.360 e. The van der Waals surface area contributed by atoms with Crippen molar-refractivity contribution in [2.75, 3.05) is 18.8 Å². The molecule has 3 nitrogen and oxygen atoms in total. The molecule has 94 valence electrons. The molecule has 0 radical (unpaired) electrons. The summed E-state index contributed by atoms with van der Waals surface area (Å²) in [5.74, 6) is 3.92. The van der Waals surface area contributed by atoms with E-state index in [0.29, 0.717) is 0 Å². The van der Waals surface area contributed by atoms with Crippen molar-refractivity contribution < 1.29 is 4.52 Å². The summed E-state index contributed by atoms with van der Waals surface area (Å²) in [5.41, 5.74) is 2.04. The maximum atomic E-state index is 5.37. The molecule has 18 heavy (non-hydrogen) atoms. The largest absolute Gasteiger partial charge is 0.360 e. The second-order valence-electron chi connectivity index (χ2n) is 4.58. The first kappa shape index (κ1) is 11.8. The van der Waals surface area contributed by atoms with E-state index in [9.17, 15) is 0 Å². The van der Waals surface area contributed by atoms with E-state index in [0.717, 1.165) is 28.7 Å². The number of aromatic nitrogens is 1. The Balaban J connectivity index is 1.56. The van der Waals surface area contributed by atoms with Crippen molar-refractivity contribution in [3.63, 3.8) is 0 Å². The quantitative estimate of drug-likeness (QED) is 0.897. The highest BCUT2D eigenvalue weighted by Gasteiger charge is 2.16. The zero-order valence-electron chi connectivity index (χ0n) is 10.1. The van der Waals surface area contributed by atoms with E-state index in [4.69, 9.17) is 4.52 Å². The summed E-state index contributed by atoms with van der Waals surface area (Å²) < 4.78 is 5.37. The van der Waals surface area contributed by atoms with E-state index in [1.807, 2.05) is 36.0 Å². The lowest BCUT2D eigenvalue weighted by Gasteiger charge is -2.26. The molecule has 0 aliphatic carbocycles. The van der Waals surface area contributed by atoms with Crippen LogP contribution in [-0.2, 0) is 5.75 Å². The van der Waals surface area contributed by atoms with Crippen LogP contribution in [-0.4, -0.2) is 24.0 Å². The van der Waals surface area contributed by atoms with Crippen molar-refractivity contribution in [2.45, 2.75) is 5.75 Å². The molecule has 0 spiro atoms. The molecule has 1 saturated heterocycles. The Morgan fingerprint density at radius 2 is 2.11 bits per heavy atom. The lowest BCUT2D eigenvalue weighted by atomic mass is 10.1. The predicted molar refractivity (Wildman–Crippen MR) is 74.5 cm³/mol. The molecule has 1 aromatic carbocycles. The Labute approximate surface area is 111 Å². The van der Waals surface area contributed by atoms with Crippen LogP contribution in [0.1, 0.15) is 5.76 Å². The number of thioether (sulfide) groups is 1. The normalized spacial score (nSPS) is 15.6. The number of benzene rings is 1. The highest BCUT2D eigenvalue weighted by Crippen LogP contribution is 2.22. The number of hydrogen-bond acceptors (Lipinski definition) is 4. The SMILES string of the molecule is c1ccc(-c2cc(CSCC3CNC3)on2)cc1. The Bertz CT molecular complexity index is 494. The number of hydrogen-bond donors (Lipinski definition) is 1. The van der Waals surface area contributed by atoms with E-state index >= 15 is 0 Å². The lowest BCUT2D eigenvalue weighted by Crippen LogP contribution is -2.43. The molecule has 0 atom stereocenters. The second-order valence-corrected chi connectivity index (χ2v) is 5.61. The maximum Gasteiger partial charge on any atom is 0.147 e. The van der Waals surface area contributed by atoms with Gasteiger partial charge in [-0.05, 0) is 24.8 Å². The third kappa shape index (κ3) is 2.76. The minimum absolute atomic E-state index is 0.839. The van der Waals surface area contributed by atoms with Gasteiger partial charge in [-0.15, -0.1) is 0 Å². The first-order valence-electron chi connectivity index (χ1n) is 6.21. The van der Waals surface area contributed by atoms with Crippen molar-refractivity contribution in [1.29, 1.82) is 0 Å². The van der Waals surface area contributed by atoms with Crippen molar-refractivity contribution in [2.24, 2.45) is 5.92 Å². The minimum atomic E-state index is 0.839. The van der Waals surface area contributed by atoms with Crippen LogP contribution in [0.2, 0.25) is 0 Å². The Morgan fingerprint density at radius 3 is 2.83 bits per heavy atom. The molecule has 0 amide bonds. The van der Waals surface area contributed by atoms with Crippen LogP contribution in [0.4, 0.5) is 0 Å². The molecule has 2 heterocycles. The molecule has 1 aliphatic heterocycles. The van der Waals surface area contributed by atoms with Crippen molar-refractivity contribution in [3.05, 3.63) is 42.2 Å². The second kappa shape index (κ2) is 5.59. The van der Waals surface area contributed by atoms with Gasteiger partial charge in [0.2, 0.25) is 0 Å². The summed E-state index contributed by atoms with van der Waals surface area (Å²) in [6, 6.07) is 12.2. The number of nitrogens with one attached hydrogen (secondary N) is 1. The molecule has 0 unspecified atom stereocenters. The van der Waals surface area contributed by atoms with Gasteiger partial charge in [-0.3, -0.25) is 0 Å². The third-order valence-electron chi connectivity index (χ3n) is 3.09. The van der Waals surface area contributed by atoms with E-state index < -0.39 is 0 Å². The van der Waals surface area contributed by atoms with Gasteiger partial charge in [0.15, 0.2) is 0 Å². The highest BCUT2D eigenvalue weighted by molar-refractivity contribution is 7.98. The molecule has 1 fully saturated rings. The van der Waals surface area contributed by atoms with Crippen LogP contribution in [0, 0.1) is 5.92 Å². The third-order valence-corrected chi connectivity index (χ3v) is 4.29. The van der Waals surface area contributed by atoms with Gasteiger partial charge in [0.25, 0.3) is 0 Å². The number of nitrogens with zero attached hydrogens (tertiary/aromatic N) is 1. The summed E-state index contributed by atoms with van der Waals surface area (Å²) in [5, 5.41) is 7.40. The molecule has 3 rings (SSSR count). The van der Waals surface area contributed by atoms with E-state index in [1.54, 1.807) is 0 Å². The van der Waals surface area contributed by atoms with Crippen molar-refractivity contribution in [3.8, 4) is 11.3 Å². The molecule has 2 aromatic rings. The van der Waals surface area contributed by atoms with Crippen molar-refractivity contribution in [1.82, 2.24) is 10.5 Å². The average molecular weight is 260 g/mol. The molecule has 0 bridgehead atoms. The van der Waals surface area contributed by atoms with Crippen LogP contribution in [0.15, 0.2) is 40.9 Å². The van der Waals surface area contributed by atoms with Crippen LogP contribution in [0.5, 0.6) is 0 Å². The summed E-state index contributed by atoms with van der Waals surface area (Å²) in [6.07, 6.45) is 0. The summed E-state index contributed by atoms with van der Waals surface area (Å²) in [4.78, 5) is 0. The Hall–Kier alpha value is -1.26. The lowest BCUT2D eigenvalue weighted by molar-refractivity contribution is 0.383. The zero-order valence-corrected chi connectivity index (χ0v) is 11.0. The topological polar surface area (TPSA) is 38.1 Å². The fourth-order valence-corrected chi connectivity index (χ4v) is 2.94. The van der Waals surface area contributed by atoms with Crippen LogP contribution in [0.3, 0.4) is 0 Å². The molecule has 1 aliphatic rings. The van der Waals surface area contributed by atoms with Gasteiger partial charge in [-0.25, -0.2) is 0 Å². The van der Waals surface area contributed by atoms with Crippen molar-refractivity contribution >= 4 is 11.8 Å². The number of rotatable bonds is 5. The molecular weight excluding hydrogens is 244 g/mol. The fraction of sp³-hybridized carbons (Fsp3) is 0.357. The van der Waals surface area contributed by atoms with Crippen LogP contribution >= 0.6 is 11.8 Å². The maximum absolute atomic E-state index is 5.37. The summed E-state index contributed by atoms with van der Waals surface area (Å²) in [7, 11) is 0. The molecular formula is C14H16N2OS. The average Bonchev–Trinajstić information content (AvgIpc) is 2.82. The predicted octanol–water partition coefficient (Wildman–Crippen LogP) is 2.79. The summed E-state index contributed by atoms with van der Waals surface area (Å²) in [6.45, 7) is 2.33. The molecule has 1 N–H and O–H groups in total. The van der Waals surface area contributed by atoms with E-state index in [1.165, 1.54) is 18.8 Å². The smallest absolute Gasteiger partial charge is 0.147 e. The summed E-state index contributed by atoms with van der Waals surface area (Å²) >= 11 is 1.93. The van der Waals surface area contributed by atoms with Gasteiger partial charge in [0, 0.05) is 11.6 Å². The fourth-order valence-electron chi connectivity index (χ4n) is 1.92. The van der Waals surface area contributed by atoms with Gasteiger partial charge < -0.3 is 9.84 Å². The molecule has 1 aromatic heterocycles. The molecule has 0 saturated carbocycles. The highest BCUT2D eigenvalue weighted by atomic mass is 32.2. The monoisotopic (exact) mass is 260 g/mol. The Kier molecular flexibility index (Phi) is 3.67. The van der Waals surface area contributed by atoms with Crippen LogP contribution in [0.25, 0.3) is 11.3 Å². The van der Waals surface area contributed by atoms with E-state index in [-0.39, 0.29) is 0 Å². The molecule has 4 heteroatoms. The zero-order chi connectivity index (χ0) is 12.2. The van der Waals surface area contributed by atoms with Crippen LogP contribution < -0.4 is 5.32 Å². The van der Waals surface area contributed by atoms with Gasteiger partial charge in [0.1, 0.15) is 11.5 Å². The van der Waals surface area contributed by atoms with E-state index in [2.05, 4.69) is 22.6 Å². The van der Waals surface area contributed by atoms with Gasteiger partial charge >= 0.3 is 0 Å².